The maximum Gasteiger partial charge on any atom is 0.316 e. The number of carbonyl (C=O) groups is 1. The van der Waals surface area contributed by atoms with Gasteiger partial charge in [0.25, 0.3) is 0 Å². The van der Waals surface area contributed by atoms with Crippen molar-refractivity contribution in [2.24, 2.45) is 5.73 Å². The molecule has 2 amide bonds. The second-order valence-corrected chi connectivity index (χ2v) is 2.40. The van der Waals surface area contributed by atoms with Crippen molar-refractivity contribution in [2.75, 3.05) is 5.32 Å². The molecule has 1 aromatic rings. The molecule has 64 valence electrons. The molecule has 4 heteroatoms. The number of benzene rings is 1. The van der Waals surface area contributed by atoms with Crippen LogP contribution in [0.5, 0.6) is 0 Å². The van der Waals surface area contributed by atoms with Gasteiger partial charge in [-0.15, -0.1) is 0 Å². The van der Waals surface area contributed by atoms with Crippen LogP contribution in [-0.4, -0.2) is 6.03 Å². The highest BCUT2D eigenvalue weighted by Gasteiger charge is 2.03. The van der Waals surface area contributed by atoms with Gasteiger partial charge in [0.05, 0.1) is 0 Å². The molecule has 0 atom stereocenters. The molecule has 12 heavy (non-hydrogen) atoms. The van der Waals surface area contributed by atoms with Gasteiger partial charge in [0.15, 0.2) is 0 Å². The van der Waals surface area contributed by atoms with E-state index in [1.807, 2.05) is 0 Å². The standard InChI is InChI=1S/C8H9FN2O/c1-5-6(9)3-2-4-7(5)11-8(10)12/h2-4H,1H3,(H3,10,11,12). The molecule has 0 aromatic heterocycles. The fourth-order valence-electron chi connectivity index (χ4n) is 0.876. The normalized spacial score (nSPS) is 9.50. The number of nitrogens with one attached hydrogen (secondary N) is 1. The lowest BCUT2D eigenvalue weighted by molar-refractivity contribution is 0.259. The number of anilines is 1. The minimum absolute atomic E-state index is 0.360. The fourth-order valence-corrected chi connectivity index (χ4v) is 0.876. The monoisotopic (exact) mass is 168 g/mol. The summed E-state index contributed by atoms with van der Waals surface area (Å²) in [5.41, 5.74) is 5.66. The largest absolute Gasteiger partial charge is 0.351 e. The van der Waals surface area contributed by atoms with Gasteiger partial charge < -0.3 is 11.1 Å². The van der Waals surface area contributed by atoms with E-state index < -0.39 is 6.03 Å². The lowest BCUT2D eigenvalue weighted by Crippen LogP contribution is -2.20. The maximum absolute atomic E-state index is 12.8. The summed E-state index contributed by atoms with van der Waals surface area (Å²) in [6.07, 6.45) is 0. The molecule has 0 unspecified atom stereocenters. The van der Waals surface area contributed by atoms with Crippen LogP contribution < -0.4 is 11.1 Å². The van der Waals surface area contributed by atoms with Crippen molar-refractivity contribution < 1.29 is 9.18 Å². The van der Waals surface area contributed by atoms with Crippen LogP contribution in [0.3, 0.4) is 0 Å². The van der Waals surface area contributed by atoms with Gasteiger partial charge in [-0.2, -0.15) is 0 Å². The molecule has 0 saturated heterocycles. The number of primary amides is 1. The van der Waals surface area contributed by atoms with Gasteiger partial charge in [0.1, 0.15) is 5.82 Å². The summed E-state index contributed by atoms with van der Waals surface area (Å²) in [6, 6.07) is 3.72. The molecule has 0 bridgehead atoms. The zero-order valence-electron chi connectivity index (χ0n) is 6.60. The Morgan fingerprint density at radius 3 is 2.83 bits per heavy atom. The van der Waals surface area contributed by atoms with Crippen LogP contribution in [-0.2, 0) is 0 Å². The van der Waals surface area contributed by atoms with Crippen molar-refractivity contribution >= 4 is 11.7 Å². The van der Waals surface area contributed by atoms with E-state index in [0.717, 1.165) is 0 Å². The predicted octanol–water partition coefficient (Wildman–Crippen LogP) is 1.62. The van der Waals surface area contributed by atoms with Crippen LogP contribution in [0.25, 0.3) is 0 Å². The predicted molar refractivity (Wildman–Crippen MR) is 44.3 cm³/mol. The summed E-state index contributed by atoms with van der Waals surface area (Å²) in [6.45, 7) is 1.57. The van der Waals surface area contributed by atoms with Gasteiger partial charge in [-0.3, -0.25) is 0 Å². The fraction of sp³-hybridized carbons (Fsp3) is 0.125. The van der Waals surface area contributed by atoms with Crippen LogP contribution in [0.15, 0.2) is 18.2 Å². The van der Waals surface area contributed by atoms with Gasteiger partial charge >= 0.3 is 6.03 Å². The minimum atomic E-state index is -0.691. The molecular weight excluding hydrogens is 159 g/mol. The second kappa shape index (κ2) is 3.21. The molecule has 0 aliphatic carbocycles. The van der Waals surface area contributed by atoms with Crippen molar-refractivity contribution in [3.8, 4) is 0 Å². The van der Waals surface area contributed by atoms with E-state index >= 15 is 0 Å². The number of urea groups is 1. The first-order valence-electron chi connectivity index (χ1n) is 3.43. The molecule has 1 aromatic carbocycles. The SMILES string of the molecule is Cc1c(F)cccc1NC(N)=O. The Bertz CT molecular complexity index is 312. The number of amides is 2. The van der Waals surface area contributed by atoms with Gasteiger partial charge in [0, 0.05) is 11.3 Å². The van der Waals surface area contributed by atoms with Crippen LogP contribution in [0.1, 0.15) is 5.56 Å². The van der Waals surface area contributed by atoms with E-state index in [9.17, 15) is 9.18 Å². The number of carbonyl (C=O) groups excluding carboxylic acids is 1. The number of hydrogen-bond donors (Lipinski definition) is 2. The van der Waals surface area contributed by atoms with Crippen LogP contribution in [0, 0.1) is 12.7 Å². The van der Waals surface area contributed by atoms with E-state index in [4.69, 9.17) is 5.73 Å². The zero-order valence-corrected chi connectivity index (χ0v) is 6.60. The first-order chi connectivity index (χ1) is 5.61. The minimum Gasteiger partial charge on any atom is -0.351 e. The van der Waals surface area contributed by atoms with E-state index in [-0.39, 0.29) is 5.82 Å². The third kappa shape index (κ3) is 1.72. The van der Waals surface area contributed by atoms with Crippen LogP contribution in [0.4, 0.5) is 14.9 Å². The Labute approximate surface area is 69.4 Å². The van der Waals surface area contributed by atoms with E-state index in [1.165, 1.54) is 12.1 Å². The van der Waals surface area contributed by atoms with Gasteiger partial charge in [-0.25, -0.2) is 9.18 Å². The van der Waals surface area contributed by atoms with Crippen molar-refractivity contribution in [1.82, 2.24) is 0 Å². The molecule has 1 rings (SSSR count). The van der Waals surface area contributed by atoms with Crippen molar-refractivity contribution in [3.05, 3.63) is 29.6 Å². The first kappa shape index (κ1) is 8.52. The summed E-state index contributed by atoms with van der Waals surface area (Å²) in [5.74, 6) is -0.360. The maximum atomic E-state index is 12.8. The Morgan fingerprint density at radius 1 is 1.58 bits per heavy atom. The van der Waals surface area contributed by atoms with E-state index in [0.29, 0.717) is 11.3 Å². The van der Waals surface area contributed by atoms with Crippen molar-refractivity contribution in [1.29, 1.82) is 0 Å². The number of rotatable bonds is 1. The highest BCUT2D eigenvalue weighted by molar-refractivity contribution is 5.88. The molecule has 0 heterocycles. The topological polar surface area (TPSA) is 55.1 Å². The molecule has 0 fully saturated rings. The van der Waals surface area contributed by atoms with Gasteiger partial charge in [-0.1, -0.05) is 6.07 Å². The molecule has 3 N–H and O–H groups in total. The third-order valence-corrected chi connectivity index (χ3v) is 1.53. The molecular formula is C8H9FN2O. The van der Waals surface area contributed by atoms with Gasteiger partial charge in [-0.05, 0) is 19.1 Å². The number of halogens is 1. The molecule has 0 aliphatic rings. The average Bonchev–Trinajstić information content (AvgIpc) is 1.98. The summed E-state index contributed by atoms with van der Waals surface area (Å²) >= 11 is 0. The summed E-state index contributed by atoms with van der Waals surface area (Å²) < 4.78 is 12.8. The molecule has 3 nitrogen and oxygen atoms in total. The Morgan fingerprint density at radius 2 is 2.25 bits per heavy atom. The lowest BCUT2D eigenvalue weighted by atomic mass is 10.2. The zero-order chi connectivity index (χ0) is 9.14. The molecule has 0 saturated carbocycles. The quantitative estimate of drug-likeness (QED) is 0.657. The first-order valence-corrected chi connectivity index (χ1v) is 3.43. The molecule has 0 radical (unpaired) electrons. The summed E-state index contributed by atoms with van der Waals surface area (Å²) in [7, 11) is 0. The molecule has 0 spiro atoms. The average molecular weight is 168 g/mol. The van der Waals surface area contributed by atoms with Crippen molar-refractivity contribution in [2.45, 2.75) is 6.92 Å². The van der Waals surface area contributed by atoms with Crippen LogP contribution in [0.2, 0.25) is 0 Å². The van der Waals surface area contributed by atoms with E-state index in [1.54, 1.807) is 13.0 Å². The number of hydrogen-bond acceptors (Lipinski definition) is 1. The highest BCUT2D eigenvalue weighted by Crippen LogP contribution is 2.16. The van der Waals surface area contributed by atoms with Crippen molar-refractivity contribution in [3.63, 3.8) is 0 Å². The Kier molecular flexibility index (Phi) is 2.28. The highest BCUT2D eigenvalue weighted by atomic mass is 19.1. The smallest absolute Gasteiger partial charge is 0.316 e. The Hall–Kier alpha value is -1.58. The summed E-state index contributed by atoms with van der Waals surface area (Å²) in [5, 5.41) is 2.31. The Balaban J connectivity index is 3.00. The van der Waals surface area contributed by atoms with Gasteiger partial charge in [0.2, 0.25) is 0 Å². The lowest BCUT2D eigenvalue weighted by Gasteiger charge is -2.05. The molecule has 0 aliphatic heterocycles. The third-order valence-electron chi connectivity index (χ3n) is 1.53. The summed E-state index contributed by atoms with van der Waals surface area (Å²) in [4.78, 5) is 10.4. The number of nitrogens with two attached hydrogens (primary N) is 1. The second-order valence-electron chi connectivity index (χ2n) is 2.40. The van der Waals surface area contributed by atoms with Crippen LogP contribution >= 0.6 is 0 Å². The van der Waals surface area contributed by atoms with E-state index in [2.05, 4.69) is 5.32 Å².